The third-order valence-corrected chi connectivity index (χ3v) is 6.72. The molecule has 0 bridgehead atoms. The van der Waals surface area contributed by atoms with Crippen molar-refractivity contribution < 1.29 is 22.4 Å². The minimum atomic E-state index is -3.58. The molecule has 2 rings (SSSR count). The fourth-order valence-electron chi connectivity index (χ4n) is 3.61. The molecule has 0 unspecified atom stereocenters. The van der Waals surface area contributed by atoms with Crippen LogP contribution in [0.15, 0.2) is 48.5 Å². The van der Waals surface area contributed by atoms with Gasteiger partial charge in [0.2, 0.25) is 21.8 Å². The van der Waals surface area contributed by atoms with Gasteiger partial charge in [0.05, 0.1) is 11.9 Å². The summed E-state index contributed by atoms with van der Waals surface area (Å²) in [4.78, 5) is 27.3. The van der Waals surface area contributed by atoms with E-state index in [4.69, 9.17) is 11.6 Å². The molecule has 2 aromatic rings. The Morgan fingerprint density at radius 1 is 1.06 bits per heavy atom. The Morgan fingerprint density at radius 3 is 2.21 bits per heavy atom. The van der Waals surface area contributed by atoms with Crippen molar-refractivity contribution >= 4 is 39.1 Å². The van der Waals surface area contributed by atoms with Crippen molar-refractivity contribution in [3.05, 3.63) is 64.9 Å². The molecular weight excluding hydrogens is 481 g/mol. The molecule has 1 atom stereocenters. The van der Waals surface area contributed by atoms with Gasteiger partial charge < -0.3 is 10.2 Å². The Kier molecular flexibility index (Phi) is 10.3. The smallest absolute Gasteiger partial charge is 0.242 e. The number of amides is 2. The first kappa shape index (κ1) is 27.6. The number of likely N-dealkylation sites (N-methyl/N-ethyl adjacent to an activating group) is 1. The Morgan fingerprint density at radius 2 is 1.68 bits per heavy atom. The second-order valence-corrected chi connectivity index (χ2v) is 10.2. The number of nitrogens with one attached hydrogen (secondary N) is 1. The molecule has 186 valence electrons. The third kappa shape index (κ3) is 7.99. The van der Waals surface area contributed by atoms with Crippen LogP contribution >= 0.6 is 11.6 Å². The third-order valence-electron chi connectivity index (χ3n) is 5.27. The minimum Gasteiger partial charge on any atom is -0.355 e. The van der Waals surface area contributed by atoms with E-state index in [0.717, 1.165) is 6.26 Å². The Balaban J connectivity index is 2.18. The standard InChI is InChI=1S/C24H31ClFN3O4S/c1-4-22(24(31)27-5-2)28(17-18-8-12-20(26)13-9-18)23(30)7-6-16-29(34(3,32)33)21-14-10-19(25)11-15-21/h8-15,22H,4-7,16-17H2,1-3H3,(H,27,31)/t22-/m1/s1. The molecule has 7 nitrogen and oxygen atoms in total. The zero-order valence-corrected chi connectivity index (χ0v) is 21.2. The molecule has 34 heavy (non-hydrogen) atoms. The number of carbonyl (C=O) groups is 2. The van der Waals surface area contributed by atoms with Crippen LogP contribution in [-0.2, 0) is 26.2 Å². The number of rotatable bonds is 12. The van der Waals surface area contributed by atoms with E-state index in [-0.39, 0.29) is 43.6 Å². The van der Waals surface area contributed by atoms with Crippen LogP contribution in [0.3, 0.4) is 0 Å². The normalized spacial score (nSPS) is 12.1. The summed E-state index contributed by atoms with van der Waals surface area (Å²) in [5.74, 6) is -0.938. The summed E-state index contributed by atoms with van der Waals surface area (Å²) in [5.41, 5.74) is 1.15. The van der Waals surface area contributed by atoms with E-state index in [9.17, 15) is 22.4 Å². The van der Waals surface area contributed by atoms with Crippen LogP contribution in [0.4, 0.5) is 10.1 Å². The van der Waals surface area contributed by atoms with Crippen molar-refractivity contribution in [3.63, 3.8) is 0 Å². The summed E-state index contributed by atoms with van der Waals surface area (Å²) < 4.78 is 39.2. The number of anilines is 1. The number of nitrogens with zero attached hydrogens (tertiary/aromatic N) is 2. The zero-order chi connectivity index (χ0) is 25.3. The molecular formula is C24H31ClFN3O4S. The predicted octanol–water partition coefficient (Wildman–Crippen LogP) is 3.97. The van der Waals surface area contributed by atoms with Gasteiger partial charge in [-0.15, -0.1) is 0 Å². The largest absolute Gasteiger partial charge is 0.355 e. The first-order chi connectivity index (χ1) is 16.1. The monoisotopic (exact) mass is 511 g/mol. The summed E-state index contributed by atoms with van der Waals surface area (Å²) in [7, 11) is -3.58. The predicted molar refractivity (Wildman–Crippen MR) is 133 cm³/mol. The van der Waals surface area contributed by atoms with Gasteiger partial charge in [0.15, 0.2) is 0 Å². The van der Waals surface area contributed by atoms with Crippen molar-refractivity contribution in [2.75, 3.05) is 23.7 Å². The maximum Gasteiger partial charge on any atom is 0.242 e. The van der Waals surface area contributed by atoms with E-state index < -0.39 is 16.1 Å². The fraction of sp³-hybridized carbons (Fsp3) is 0.417. The van der Waals surface area contributed by atoms with Crippen molar-refractivity contribution in [1.82, 2.24) is 10.2 Å². The first-order valence-corrected chi connectivity index (χ1v) is 13.3. The van der Waals surface area contributed by atoms with Crippen LogP contribution in [0.5, 0.6) is 0 Å². The average Bonchev–Trinajstić information content (AvgIpc) is 2.78. The second kappa shape index (κ2) is 12.7. The summed E-state index contributed by atoms with van der Waals surface area (Å²) >= 11 is 5.91. The molecule has 0 radical (unpaired) electrons. The fourth-order valence-corrected chi connectivity index (χ4v) is 4.70. The highest BCUT2D eigenvalue weighted by atomic mass is 35.5. The van der Waals surface area contributed by atoms with Crippen molar-refractivity contribution in [3.8, 4) is 0 Å². The lowest BCUT2D eigenvalue weighted by atomic mass is 10.1. The van der Waals surface area contributed by atoms with Gasteiger partial charge in [0, 0.05) is 31.1 Å². The van der Waals surface area contributed by atoms with Crippen LogP contribution in [0.25, 0.3) is 0 Å². The maximum atomic E-state index is 13.3. The van der Waals surface area contributed by atoms with E-state index in [1.165, 1.54) is 21.3 Å². The van der Waals surface area contributed by atoms with Crippen LogP contribution in [0.2, 0.25) is 5.02 Å². The average molecular weight is 512 g/mol. The molecule has 0 fully saturated rings. The van der Waals surface area contributed by atoms with Gasteiger partial charge in [-0.2, -0.15) is 0 Å². The molecule has 0 spiro atoms. The number of hydrogen-bond acceptors (Lipinski definition) is 4. The quantitative estimate of drug-likeness (QED) is 0.467. The molecule has 2 aromatic carbocycles. The van der Waals surface area contributed by atoms with Gasteiger partial charge >= 0.3 is 0 Å². The molecule has 10 heteroatoms. The Labute approximate surface area is 205 Å². The van der Waals surface area contributed by atoms with Crippen LogP contribution in [-0.4, -0.2) is 50.5 Å². The van der Waals surface area contributed by atoms with Gasteiger partial charge in [-0.05, 0) is 61.7 Å². The molecule has 0 heterocycles. The highest BCUT2D eigenvalue weighted by Crippen LogP contribution is 2.22. The lowest BCUT2D eigenvalue weighted by Gasteiger charge is -2.31. The zero-order valence-electron chi connectivity index (χ0n) is 19.6. The molecule has 0 aromatic heterocycles. The lowest BCUT2D eigenvalue weighted by Crippen LogP contribution is -2.49. The van der Waals surface area contributed by atoms with E-state index in [2.05, 4.69) is 5.32 Å². The number of benzene rings is 2. The van der Waals surface area contributed by atoms with Crippen molar-refractivity contribution in [1.29, 1.82) is 0 Å². The lowest BCUT2D eigenvalue weighted by molar-refractivity contribution is -0.141. The molecule has 0 aliphatic carbocycles. The molecule has 2 amide bonds. The van der Waals surface area contributed by atoms with Crippen molar-refractivity contribution in [2.45, 2.75) is 45.7 Å². The molecule has 1 N–H and O–H groups in total. The summed E-state index contributed by atoms with van der Waals surface area (Å²) in [5, 5.41) is 3.24. The van der Waals surface area contributed by atoms with Gasteiger partial charge in [0.25, 0.3) is 0 Å². The van der Waals surface area contributed by atoms with E-state index in [1.54, 1.807) is 43.3 Å². The topological polar surface area (TPSA) is 86.8 Å². The van der Waals surface area contributed by atoms with Gasteiger partial charge in [0.1, 0.15) is 11.9 Å². The first-order valence-electron chi connectivity index (χ1n) is 11.1. The highest BCUT2D eigenvalue weighted by Gasteiger charge is 2.28. The van der Waals surface area contributed by atoms with E-state index >= 15 is 0 Å². The number of carbonyl (C=O) groups excluding carboxylic acids is 2. The highest BCUT2D eigenvalue weighted by molar-refractivity contribution is 7.92. The molecule has 0 saturated heterocycles. The second-order valence-electron chi connectivity index (χ2n) is 7.88. The van der Waals surface area contributed by atoms with Gasteiger partial charge in [-0.25, -0.2) is 12.8 Å². The summed E-state index contributed by atoms with van der Waals surface area (Å²) in [6, 6.07) is 11.5. The van der Waals surface area contributed by atoms with Crippen LogP contribution < -0.4 is 9.62 Å². The Bertz CT molecular complexity index is 1060. The van der Waals surface area contributed by atoms with Crippen LogP contribution in [0, 0.1) is 5.82 Å². The maximum absolute atomic E-state index is 13.3. The minimum absolute atomic E-state index is 0.0384. The number of hydrogen-bond donors (Lipinski definition) is 1. The van der Waals surface area contributed by atoms with E-state index in [0.29, 0.717) is 29.2 Å². The number of sulfonamides is 1. The number of halogens is 2. The molecule has 0 aliphatic heterocycles. The van der Waals surface area contributed by atoms with Gasteiger partial charge in [-0.3, -0.25) is 13.9 Å². The summed E-state index contributed by atoms with van der Waals surface area (Å²) in [6.45, 7) is 4.28. The van der Waals surface area contributed by atoms with Crippen molar-refractivity contribution in [2.24, 2.45) is 0 Å². The van der Waals surface area contributed by atoms with Gasteiger partial charge in [-0.1, -0.05) is 30.7 Å². The molecule has 0 saturated carbocycles. The van der Waals surface area contributed by atoms with E-state index in [1.807, 2.05) is 6.92 Å². The van der Waals surface area contributed by atoms with Crippen LogP contribution in [0.1, 0.15) is 38.7 Å². The Hall–Kier alpha value is -2.65. The SMILES string of the molecule is CCNC(=O)[C@@H](CC)N(Cc1ccc(F)cc1)C(=O)CCCN(c1ccc(Cl)cc1)S(C)(=O)=O. The summed E-state index contributed by atoms with van der Waals surface area (Å²) in [6.07, 6.45) is 1.79. The molecule has 0 aliphatic rings.